The van der Waals surface area contributed by atoms with Gasteiger partial charge in [-0.3, -0.25) is 14.4 Å². The molecule has 0 fully saturated rings. The Balaban J connectivity index is 2.21. The van der Waals surface area contributed by atoms with Gasteiger partial charge in [0.25, 0.3) is 5.91 Å². The number of carbonyl (C=O) groups excluding carboxylic acids is 4. The molecular formula is C30H41ClN4O6. The molecule has 2 unspecified atom stereocenters. The summed E-state index contributed by atoms with van der Waals surface area (Å²) >= 11 is 5.98. The molecule has 0 aromatic heterocycles. The summed E-state index contributed by atoms with van der Waals surface area (Å²) in [6.07, 6.45) is -1.78. The maximum Gasteiger partial charge on any atom is 0.408 e. The van der Waals surface area contributed by atoms with Crippen LogP contribution < -0.4 is 21.3 Å². The lowest BCUT2D eigenvalue weighted by Gasteiger charge is -2.28. The third-order valence-electron chi connectivity index (χ3n) is 6.03. The fourth-order valence-corrected chi connectivity index (χ4v) is 4.12. The molecule has 0 heterocycles. The van der Waals surface area contributed by atoms with E-state index in [9.17, 15) is 24.3 Å². The summed E-state index contributed by atoms with van der Waals surface area (Å²) in [4.78, 5) is 51.7. The molecule has 0 aliphatic rings. The van der Waals surface area contributed by atoms with Gasteiger partial charge in [0.1, 0.15) is 17.7 Å². The Hall–Kier alpha value is -3.63. The van der Waals surface area contributed by atoms with Crippen molar-refractivity contribution in [3.05, 3.63) is 70.7 Å². The number of aliphatic hydroxyl groups is 1. The van der Waals surface area contributed by atoms with Gasteiger partial charge in [-0.05, 0) is 63.8 Å². The van der Waals surface area contributed by atoms with Crippen LogP contribution in [0.5, 0.6) is 0 Å². The van der Waals surface area contributed by atoms with E-state index in [1.54, 1.807) is 58.9 Å². The summed E-state index contributed by atoms with van der Waals surface area (Å²) in [6.45, 7) is 8.88. The molecule has 0 bridgehead atoms. The van der Waals surface area contributed by atoms with Gasteiger partial charge in [-0.1, -0.05) is 61.0 Å². The number of rotatable bonds is 13. The van der Waals surface area contributed by atoms with Crippen molar-refractivity contribution in [3.63, 3.8) is 0 Å². The van der Waals surface area contributed by atoms with E-state index in [-0.39, 0.29) is 19.3 Å². The Morgan fingerprint density at radius 1 is 0.805 bits per heavy atom. The molecule has 2 aromatic rings. The number of hydrogen-bond donors (Lipinski definition) is 5. The van der Waals surface area contributed by atoms with E-state index < -0.39 is 53.6 Å². The van der Waals surface area contributed by atoms with E-state index >= 15 is 0 Å². The monoisotopic (exact) mass is 588 g/mol. The van der Waals surface area contributed by atoms with Crippen molar-refractivity contribution in [1.29, 1.82) is 0 Å². The minimum atomic E-state index is -1.54. The minimum absolute atomic E-state index is 0.141. The van der Waals surface area contributed by atoms with Crippen molar-refractivity contribution < 1.29 is 29.0 Å². The average molecular weight is 589 g/mol. The molecule has 0 saturated carbocycles. The summed E-state index contributed by atoms with van der Waals surface area (Å²) in [6, 6.07) is 12.9. The van der Waals surface area contributed by atoms with Crippen LogP contribution in [0.2, 0.25) is 5.02 Å². The lowest BCUT2D eigenvalue weighted by atomic mass is 9.99. The van der Waals surface area contributed by atoms with Crippen LogP contribution >= 0.6 is 11.6 Å². The number of aliphatic hydroxyl groups excluding tert-OH is 1. The second kappa shape index (κ2) is 16.0. The largest absolute Gasteiger partial charge is 0.444 e. The summed E-state index contributed by atoms with van der Waals surface area (Å²) in [5, 5.41) is 21.9. The van der Waals surface area contributed by atoms with Crippen molar-refractivity contribution in [2.75, 3.05) is 6.54 Å². The third-order valence-corrected chi connectivity index (χ3v) is 6.28. The molecule has 0 aliphatic heterocycles. The molecule has 0 radical (unpaired) electrons. The van der Waals surface area contributed by atoms with Crippen LogP contribution in [0.1, 0.15) is 52.2 Å². The third kappa shape index (κ3) is 11.8. The highest BCUT2D eigenvalue weighted by Gasteiger charge is 2.32. The average Bonchev–Trinajstić information content (AvgIpc) is 2.91. The number of hydrogen-bond acceptors (Lipinski definition) is 6. The van der Waals surface area contributed by atoms with Crippen LogP contribution in [0.3, 0.4) is 0 Å². The molecule has 0 spiro atoms. The van der Waals surface area contributed by atoms with Gasteiger partial charge in [0.05, 0.1) is 6.04 Å². The number of alkyl carbamates (subject to hydrolysis) is 1. The highest BCUT2D eigenvalue weighted by molar-refractivity contribution is 6.30. The molecule has 224 valence electrons. The SMILES string of the molecule is CCNC(=O)C(O)[C@H](Cc1ccc(Cl)cc1)NC(=O)[C@H](CC)NC(=O)C(Cc1ccccc1)NC(=O)OC(C)(C)C. The van der Waals surface area contributed by atoms with Gasteiger partial charge in [0.15, 0.2) is 6.10 Å². The molecule has 2 aromatic carbocycles. The molecule has 41 heavy (non-hydrogen) atoms. The van der Waals surface area contributed by atoms with E-state index in [0.717, 1.165) is 11.1 Å². The maximum atomic E-state index is 13.4. The highest BCUT2D eigenvalue weighted by Crippen LogP contribution is 2.14. The van der Waals surface area contributed by atoms with Crippen molar-refractivity contribution in [1.82, 2.24) is 21.3 Å². The fraction of sp³-hybridized carbons (Fsp3) is 0.467. The predicted molar refractivity (Wildman–Crippen MR) is 157 cm³/mol. The predicted octanol–water partition coefficient (Wildman–Crippen LogP) is 2.90. The zero-order chi connectivity index (χ0) is 30.6. The van der Waals surface area contributed by atoms with Gasteiger partial charge in [-0.25, -0.2) is 4.79 Å². The summed E-state index contributed by atoms with van der Waals surface area (Å²) < 4.78 is 5.34. The molecule has 4 amide bonds. The van der Waals surface area contributed by atoms with Crippen LogP contribution in [-0.2, 0) is 32.0 Å². The second-order valence-electron chi connectivity index (χ2n) is 10.6. The summed E-state index contributed by atoms with van der Waals surface area (Å²) in [5.41, 5.74) is 0.771. The van der Waals surface area contributed by atoms with Gasteiger partial charge < -0.3 is 31.1 Å². The van der Waals surface area contributed by atoms with E-state index in [4.69, 9.17) is 16.3 Å². The Morgan fingerprint density at radius 2 is 1.39 bits per heavy atom. The zero-order valence-corrected chi connectivity index (χ0v) is 25.0. The number of carbonyl (C=O) groups is 4. The van der Waals surface area contributed by atoms with Crippen molar-refractivity contribution >= 4 is 35.4 Å². The first kappa shape index (κ1) is 33.6. The maximum absolute atomic E-state index is 13.4. The lowest BCUT2D eigenvalue weighted by molar-refractivity contribution is -0.134. The van der Waals surface area contributed by atoms with Crippen LogP contribution in [0.4, 0.5) is 4.79 Å². The Labute approximate surface area is 246 Å². The number of likely N-dealkylation sites (N-methyl/N-ethyl adjacent to an activating group) is 1. The number of halogens is 1. The summed E-state index contributed by atoms with van der Waals surface area (Å²) in [5.74, 6) is -1.80. The van der Waals surface area contributed by atoms with E-state index in [2.05, 4.69) is 21.3 Å². The van der Waals surface area contributed by atoms with Gasteiger partial charge in [0, 0.05) is 18.0 Å². The molecular weight excluding hydrogens is 548 g/mol. The number of benzene rings is 2. The van der Waals surface area contributed by atoms with Gasteiger partial charge >= 0.3 is 6.09 Å². The molecule has 5 N–H and O–H groups in total. The van der Waals surface area contributed by atoms with E-state index in [1.165, 1.54) is 0 Å². The van der Waals surface area contributed by atoms with Gasteiger partial charge in [0.2, 0.25) is 11.8 Å². The number of amides is 4. The zero-order valence-electron chi connectivity index (χ0n) is 24.2. The van der Waals surface area contributed by atoms with Crippen molar-refractivity contribution in [2.24, 2.45) is 0 Å². The van der Waals surface area contributed by atoms with Crippen LogP contribution in [0, 0.1) is 0 Å². The number of ether oxygens (including phenoxy) is 1. The van der Waals surface area contributed by atoms with Gasteiger partial charge in [-0.15, -0.1) is 0 Å². The minimum Gasteiger partial charge on any atom is -0.444 e. The second-order valence-corrected chi connectivity index (χ2v) is 11.1. The first-order valence-corrected chi connectivity index (χ1v) is 14.0. The van der Waals surface area contributed by atoms with Crippen molar-refractivity contribution in [3.8, 4) is 0 Å². The van der Waals surface area contributed by atoms with E-state index in [0.29, 0.717) is 11.6 Å². The van der Waals surface area contributed by atoms with Crippen LogP contribution in [-0.4, -0.2) is 65.3 Å². The Kier molecular flexibility index (Phi) is 13.1. The Bertz CT molecular complexity index is 1150. The highest BCUT2D eigenvalue weighted by atomic mass is 35.5. The lowest BCUT2D eigenvalue weighted by Crippen LogP contribution is -2.58. The Morgan fingerprint density at radius 3 is 1.95 bits per heavy atom. The normalized spacial score (nSPS) is 14.1. The summed E-state index contributed by atoms with van der Waals surface area (Å²) in [7, 11) is 0. The van der Waals surface area contributed by atoms with Gasteiger partial charge in [-0.2, -0.15) is 0 Å². The molecule has 2 rings (SSSR count). The standard InChI is InChI=1S/C30H41ClN4O6/c1-6-22(26(37)34-23(25(36)28(39)32-7-2)17-20-13-15-21(31)16-14-20)33-27(38)24(18-19-11-9-8-10-12-19)35-29(40)41-30(3,4)5/h8-16,22-25,36H,6-7,17-18H2,1-5H3,(H,32,39)(H,33,38)(H,34,37)(H,35,40)/t22-,23-,24?,25?/m0/s1. The van der Waals surface area contributed by atoms with E-state index in [1.807, 2.05) is 30.3 Å². The molecule has 0 saturated heterocycles. The topological polar surface area (TPSA) is 146 Å². The molecule has 11 heteroatoms. The quantitative estimate of drug-likeness (QED) is 0.243. The van der Waals surface area contributed by atoms with Crippen LogP contribution in [0.15, 0.2) is 54.6 Å². The first-order valence-electron chi connectivity index (χ1n) is 13.7. The van der Waals surface area contributed by atoms with Crippen molar-refractivity contribution in [2.45, 2.75) is 83.7 Å². The fourth-order valence-electron chi connectivity index (χ4n) is 4.00. The smallest absolute Gasteiger partial charge is 0.408 e. The molecule has 4 atom stereocenters. The molecule has 0 aliphatic carbocycles. The first-order chi connectivity index (χ1) is 19.3. The van der Waals surface area contributed by atoms with Crippen LogP contribution in [0.25, 0.3) is 0 Å². The molecule has 10 nitrogen and oxygen atoms in total. The number of nitrogens with one attached hydrogen (secondary N) is 4.